The molecule has 0 spiro atoms. The van der Waals surface area contributed by atoms with E-state index in [2.05, 4.69) is 67.3 Å². The molecule has 0 aliphatic carbocycles. The first-order valence-corrected chi connectivity index (χ1v) is 11.7. The minimum atomic E-state index is -0.0232. The van der Waals surface area contributed by atoms with E-state index in [0.29, 0.717) is 24.0 Å². The third kappa shape index (κ3) is 3.31. The minimum Gasteiger partial charge on any atom is -0.310 e. The van der Waals surface area contributed by atoms with Gasteiger partial charge in [0.05, 0.1) is 23.8 Å². The standard InChI is InChI=1S/C26H22N8O/c1-14-20-11-19(4-2-15(20)6-7-27-14)34-13-23(31-33-34)25-21-9-16(3-5-22(21)30-32-25)18-8-17-10-24(35)29-26(17)28-12-18/h2-5,8-9,11-14,27H,6-7,10H2,1H3,(H,30,32)(H,28,29,35). The van der Waals surface area contributed by atoms with Crippen LogP contribution >= 0.6 is 0 Å². The Kier molecular flexibility index (Phi) is 4.34. The van der Waals surface area contributed by atoms with Crippen LogP contribution in [0.5, 0.6) is 0 Å². The fraction of sp³-hybridized carbons (Fsp3) is 0.192. The van der Waals surface area contributed by atoms with E-state index in [4.69, 9.17) is 0 Å². The van der Waals surface area contributed by atoms with E-state index in [-0.39, 0.29) is 5.91 Å². The molecule has 2 aliphatic rings. The van der Waals surface area contributed by atoms with Gasteiger partial charge in [-0.05, 0) is 66.9 Å². The molecule has 9 heteroatoms. The number of carbonyl (C=O) groups is 1. The number of benzene rings is 2. The zero-order valence-corrected chi connectivity index (χ0v) is 19.0. The maximum Gasteiger partial charge on any atom is 0.230 e. The predicted molar refractivity (Wildman–Crippen MR) is 132 cm³/mol. The van der Waals surface area contributed by atoms with E-state index in [1.807, 2.05) is 24.4 Å². The Bertz CT molecular complexity index is 1630. The van der Waals surface area contributed by atoms with E-state index in [1.165, 1.54) is 11.1 Å². The Labute approximate surface area is 200 Å². The average molecular weight is 463 g/mol. The second-order valence-corrected chi connectivity index (χ2v) is 9.15. The van der Waals surface area contributed by atoms with E-state index in [9.17, 15) is 4.79 Å². The molecular formula is C26H22N8O. The summed E-state index contributed by atoms with van der Waals surface area (Å²) in [6, 6.07) is 14.9. The summed E-state index contributed by atoms with van der Waals surface area (Å²) < 4.78 is 1.80. The van der Waals surface area contributed by atoms with Gasteiger partial charge in [0.25, 0.3) is 0 Å². The molecule has 0 fully saturated rings. The van der Waals surface area contributed by atoms with E-state index in [0.717, 1.165) is 51.9 Å². The maximum atomic E-state index is 11.7. The van der Waals surface area contributed by atoms with Crippen LogP contribution in [0.1, 0.15) is 29.7 Å². The van der Waals surface area contributed by atoms with E-state index >= 15 is 0 Å². The molecule has 7 rings (SSSR count). The van der Waals surface area contributed by atoms with Crippen molar-refractivity contribution < 1.29 is 4.79 Å². The van der Waals surface area contributed by atoms with Gasteiger partial charge in [-0.1, -0.05) is 17.3 Å². The van der Waals surface area contributed by atoms with E-state index < -0.39 is 0 Å². The lowest BCUT2D eigenvalue weighted by Crippen LogP contribution is -2.27. The molecule has 5 heterocycles. The number of aromatic amines is 1. The Morgan fingerprint density at radius 3 is 2.94 bits per heavy atom. The zero-order valence-electron chi connectivity index (χ0n) is 19.0. The van der Waals surface area contributed by atoms with Crippen LogP contribution in [0.4, 0.5) is 5.82 Å². The number of aromatic nitrogens is 6. The fourth-order valence-electron chi connectivity index (χ4n) is 5.04. The SMILES string of the molecule is CC1NCCc2ccc(-n3cc(-c4n[nH]c5ccc(-c6cnc7c(c6)CC(=O)N7)cc45)nn3)cc21. The quantitative estimate of drug-likeness (QED) is 0.378. The van der Waals surface area contributed by atoms with Crippen LogP contribution in [0.3, 0.4) is 0 Å². The predicted octanol–water partition coefficient (Wildman–Crippen LogP) is 3.57. The summed E-state index contributed by atoms with van der Waals surface area (Å²) in [4.78, 5) is 16.1. The van der Waals surface area contributed by atoms with Gasteiger partial charge in [0.15, 0.2) is 0 Å². The third-order valence-electron chi connectivity index (χ3n) is 6.91. The summed E-state index contributed by atoms with van der Waals surface area (Å²) >= 11 is 0. The molecular weight excluding hydrogens is 440 g/mol. The molecule has 0 saturated carbocycles. The molecule has 0 radical (unpaired) electrons. The topological polar surface area (TPSA) is 113 Å². The Hall–Kier alpha value is -4.37. The van der Waals surface area contributed by atoms with Crippen molar-refractivity contribution in [1.82, 2.24) is 35.5 Å². The molecule has 172 valence electrons. The molecule has 5 aromatic rings. The molecule has 9 nitrogen and oxygen atoms in total. The molecule has 1 unspecified atom stereocenters. The Morgan fingerprint density at radius 1 is 1.06 bits per heavy atom. The van der Waals surface area contributed by atoms with E-state index in [1.54, 1.807) is 10.9 Å². The number of rotatable bonds is 3. The third-order valence-corrected chi connectivity index (χ3v) is 6.91. The number of hydrogen-bond donors (Lipinski definition) is 3. The normalized spacial score (nSPS) is 16.8. The summed E-state index contributed by atoms with van der Waals surface area (Å²) in [6.07, 6.45) is 5.10. The van der Waals surface area contributed by atoms with Gasteiger partial charge in [-0.25, -0.2) is 9.67 Å². The number of nitrogens with one attached hydrogen (secondary N) is 3. The summed E-state index contributed by atoms with van der Waals surface area (Å²) in [5.41, 5.74) is 8.88. The monoisotopic (exact) mass is 462 g/mol. The first kappa shape index (κ1) is 20.0. The van der Waals surface area contributed by atoms with Gasteiger partial charge in [-0.15, -0.1) is 5.10 Å². The first-order chi connectivity index (χ1) is 17.1. The summed E-state index contributed by atoms with van der Waals surface area (Å²) in [5.74, 6) is 0.623. The number of carbonyl (C=O) groups excluding carboxylic acids is 1. The maximum absolute atomic E-state index is 11.7. The molecule has 3 N–H and O–H groups in total. The van der Waals surface area contributed by atoms with Crippen molar-refractivity contribution in [3.8, 4) is 28.2 Å². The van der Waals surface area contributed by atoms with Crippen molar-refractivity contribution in [2.24, 2.45) is 0 Å². The van der Waals surface area contributed by atoms with Crippen LogP contribution in [-0.4, -0.2) is 42.6 Å². The molecule has 3 aromatic heterocycles. The van der Waals surface area contributed by atoms with Crippen molar-refractivity contribution in [3.05, 3.63) is 71.5 Å². The smallest absolute Gasteiger partial charge is 0.230 e. The average Bonchev–Trinajstić information content (AvgIpc) is 3.60. The lowest BCUT2D eigenvalue weighted by molar-refractivity contribution is -0.115. The molecule has 0 saturated heterocycles. The van der Waals surface area contributed by atoms with Crippen molar-refractivity contribution in [3.63, 3.8) is 0 Å². The van der Waals surface area contributed by atoms with Gasteiger partial charge in [0.2, 0.25) is 5.91 Å². The van der Waals surface area contributed by atoms with Crippen molar-refractivity contribution in [2.45, 2.75) is 25.8 Å². The van der Waals surface area contributed by atoms with Crippen molar-refractivity contribution in [1.29, 1.82) is 0 Å². The molecule has 1 amide bonds. The number of anilines is 1. The number of nitrogens with zero attached hydrogens (tertiary/aromatic N) is 5. The van der Waals surface area contributed by atoms with Crippen LogP contribution in [0.2, 0.25) is 0 Å². The Balaban J connectivity index is 1.25. The highest BCUT2D eigenvalue weighted by Crippen LogP contribution is 2.32. The van der Waals surface area contributed by atoms with Crippen molar-refractivity contribution in [2.75, 3.05) is 11.9 Å². The minimum absolute atomic E-state index is 0.0232. The lowest BCUT2D eigenvalue weighted by atomic mass is 9.95. The first-order valence-electron chi connectivity index (χ1n) is 11.7. The fourth-order valence-corrected chi connectivity index (χ4v) is 5.04. The highest BCUT2D eigenvalue weighted by Gasteiger charge is 2.20. The van der Waals surface area contributed by atoms with Crippen LogP contribution in [0, 0.1) is 0 Å². The van der Waals surface area contributed by atoms with Crippen LogP contribution in [0.15, 0.2) is 54.9 Å². The largest absolute Gasteiger partial charge is 0.310 e. The van der Waals surface area contributed by atoms with Crippen LogP contribution in [-0.2, 0) is 17.6 Å². The van der Waals surface area contributed by atoms with Crippen molar-refractivity contribution >= 4 is 22.6 Å². The Morgan fingerprint density at radius 2 is 2.00 bits per heavy atom. The molecule has 2 aromatic carbocycles. The molecule has 1 atom stereocenters. The van der Waals surface area contributed by atoms with Gasteiger partial charge in [0, 0.05) is 28.8 Å². The second kappa shape index (κ2) is 7.57. The van der Waals surface area contributed by atoms with Gasteiger partial charge in [-0.2, -0.15) is 5.10 Å². The van der Waals surface area contributed by atoms with Gasteiger partial charge >= 0.3 is 0 Å². The van der Waals surface area contributed by atoms with Crippen LogP contribution in [0.25, 0.3) is 39.1 Å². The van der Waals surface area contributed by atoms with Crippen LogP contribution < -0.4 is 10.6 Å². The van der Waals surface area contributed by atoms with Gasteiger partial charge in [0.1, 0.15) is 17.2 Å². The van der Waals surface area contributed by atoms with Gasteiger partial charge in [-0.3, -0.25) is 9.89 Å². The zero-order chi connectivity index (χ0) is 23.5. The second-order valence-electron chi connectivity index (χ2n) is 9.15. The number of pyridine rings is 1. The number of H-pyrrole nitrogens is 1. The molecule has 0 bridgehead atoms. The molecule has 35 heavy (non-hydrogen) atoms. The summed E-state index contributed by atoms with van der Waals surface area (Å²) in [5, 5.41) is 23.7. The van der Waals surface area contributed by atoms with Gasteiger partial charge < -0.3 is 10.6 Å². The number of amides is 1. The summed E-state index contributed by atoms with van der Waals surface area (Å²) in [7, 11) is 0. The highest BCUT2D eigenvalue weighted by molar-refractivity contribution is 5.99. The lowest BCUT2D eigenvalue weighted by Gasteiger charge is -2.24. The summed E-state index contributed by atoms with van der Waals surface area (Å²) in [6.45, 7) is 3.19. The number of hydrogen-bond acceptors (Lipinski definition) is 6. The number of fused-ring (bicyclic) bond motifs is 3. The highest BCUT2D eigenvalue weighted by atomic mass is 16.1. The molecule has 2 aliphatic heterocycles.